The molecule has 6 heterocycles. The van der Waals surface area contributed by atoms with Gasteiger partial charge >= 0.3 is 11.9 Å². The van der Waals surface area contributed by atoms with Gasteiger partial charge in [0.15, 0.2) is 12.4 Å². The van der Waals surface area contributed by atoms with Gasteiger partial charge in [-0.3, -0.25) is 97.5 Å². The summed E-state index contributed by atoms with van der Waals surface area (Å²) in [6, 6.07) is 35.4. The standard InChI is InChI=1S/C40H40N6O8.C27H35N3O8.C18H15N3O3/c1-41-37(50)29-22-43-30-17-16-24(21-28(30)35(29)44-25-11-6-5-7-12-25)36(49)42-20-9-4-2-3-8-13-26(47)23-54-32-15-10-14-27-34(32)40(53)46(39(27)52)31-18-19-33(48)45-38(31)51;1-27(2,3)38-22(33)12-7-5-4-6-8-15-28-21(32)16-37-19-11-9-10-17-23(19)26(36)30(25(17)35)18-13-14-20(31)29-24(18)34;1-19-17(22)14-10-20-15-8-7-11(18(23)24)9-13(15)16(14)21-12-5-3-2-4-6-12/h5-7,10-12,14-17,21-22,31H,2-4,8-9,13,18-20,23H2,1H3,(H,41,50)(H,42,49)(H,43,44)(H,45,48,51);9-11,18H,4-8,12-16H2,1-3H3,(H,28,32)(H,29,31,34);2-10H,1H3,(H,19,22)(H,20,21)(H,23,24). The summed E-state index contributed by atoms with van der Waals surface area (Å²) in [4.78, 5) is 196. The number of aromatic nitrogens is 2. The van der Waals surface area contributed by atoms with E-state index in [4.69, 9.17) is 14.2 Å². The zero-order valence-corrected chi connectivity index (χ0v) is 64.7. The number of hydrogen-bond acceptors (Lipinski definition) is 22. The Bertz CT molecular complexity index is 5130. The molecule has 0 saturated carbocycles. The summed E-state index contributed by atoms with van der Waals surface area (Å²) < 4.78 is 16.5. The lowest BCUT2D eigenvalue weighted by Crippen LogP contribution is -2.54. The van der Waals surface area contributed by atoms with E-state index < -0.39 is 70.9 Å². The van der Waals surface area contributed by atoms with Gasteiger partial charge in [0.2, 0.25) is 23.6 Å². The fourth-order valence-corrected chi connectivity index (χ4v) is 13.3. The van der Waals surface area contributed by atoms with Gasteiger partial charge < -0.3 is 51.2 Å². The van der Waals surface area contributed by atoms with Crippen molar-refractivity contribution in [2.24, 2.45) is 0 Å². The molecule has 31 nitrogen and oxygen atoms in total. The first-order valence-electron chi connectivity index (χ1n) is 38.1. The summed E-state index contributed by atoms with van der Waals surface area (Å²) >= 11 is 0. The van der Waals surface area contributed by atoms with Gasteiger partial charge in [-0.25, -0.2) is 4.79 Å². The van der Waals surface area contributed by atoms with Gasteiger partial charge in [-0.1, -0.05) is 87.1 Å². The quantitative estimate of drug-likeness (QED) is 0.0107. The number of anilines is 4. The number of rotatable bonds is 32. The monoisotopic (exact) mass is 1580 g/mol. The van der Waals surface area contributed by atoms with Crippen LogP contribution in [0.3, 0.4) is 0 Å². The maximum Gasteiger partial charge on any atom is 0.335 e. The van der Waals surface area contributed by atoms with Crippen LogP contribution in [0.15, 0.2) is 146 Å². The minimum atomic E-state index is -1.09. The van der Waals surface area contributed by atoms with Crippen LogP contribution >= 0.6 is 0 Å². The summed E-state index contributed by atoms with van der Waals surface area (Å²) in [6.07, 6.45) is 12.0. The fourth-order valence-electron chi connectivity index (χ4n) is 13.3. The van der Waals surface area contributed by atoms with Crippen LogP contribution in [0.1, 0.15) is 206 Å². The number of benzene rings is 6. The maximum absolute atomic E-state index is 13.2. The van der Waals surface area contributed by atoms with Gasteiger partial charge in [0, 0.05) is 93.0 Å². The Hall–Kier alpha value is -13.6. The number of pyridine rings is 2. The number of esters is 1. The molecule has 2 atom stereocenters. The van der Waals surface area contributed by atoms with Crippen LogP contribution in [0.25, 0.3) is 21.8 Å². The highest BCUT2D eigenvalue weighted by Gasteiger charge is 2.48. The Balaban J connectivity index is 0.000000199. The third-order valence-electron chi connectivity index (χ3n) is 19.1. The number of aromatic carboxylic acids is 1. The van der Waals surface area contributed by atoms with Crippen LogP contribution in [0.5, 0.6) is 11.5 Å². The normalized spacial score (nSPS) is 14.8. The number of nitrogens with zero attached hydrogens (tertiary/aromatic N) is 4. The second kappa shape index (κ2) is 39.7. The summed E-state index contributed by atoms with van der Waals surface area (Å²) in [7, 11) is 3.08. The number of para-hydroxylation sites is 2. The Kier molecular flexibility index (Phi) is 29.0. The van der Waals surface area contributed by atoms with Crippen molar-refractivity contribution in [3.8, 4) is 11.5 Å². The number of Topliss-reactive ketones (excluding diaryl/α,β-unsaturated/α-hetero) is 1. The summed E-state index contributed by atoms with van der Waals surface area (Å²) in [5.41, 5.74) is 4.88. The number of hydrogen-bond donors (Lipinski definition) is 9. The summed E-state index contributed by atoms with van der Waals surface area (Å²) in [5, 5.41) is 32.2. The summed E-state index contributed by atoms with van der Waals surface area (Å²) in [6.45, 7) is 5.84. The third kappa shape index (κ3) is 21.8. The lowest BCUT2D eigenvalue weighted by molar-refractivity contribution is -0.155. The third-order valence-corrected chi connectivity index (χ3v) is 19.1. The first-order valence-corrected chi connectivity index (χ1v) is 38.1. The average Bonchev–Trinajstić information content (AvgIpc) is 1.47. The van der Waals surface area contributed by atoms with Crippen molar-refractivity contribution >= 4 is 133 Å². The van der Waals surface area contributed by atoms with E-state index in [1.54, 1.807) is 37.4 Å². The predicted octanol–water partition coefficient (Wildman–Crippen LogP) is 9.76. The van der Waals surface area contributed by atoms with Crippen LogP contribution in [-0.2, 0) is 38.3 Å². The first-order chi connectivity index (χ1) is 55.7. The smallest absolute Gasteiger partial charge is 0.335 e. The van der Waals surface area contributed by atoms with E-state index in [1.165, 1.54) is 61.9 Å². The van der Waals surface area contributed by atoms with Crippen molar-refractivity contribution in [2.45, 2.75) is 141 Å². The minimum Gasteiger partial charge on any atom is -0.485 e. The lowest BCUT2D eigenvalue weighted by atomic mass is 10.0. The van der Waals surface area contributed by atoms with Gasteiger partial charge in [-0.2, -0.15) is 0 Å². The zero-order valence-electron chi connectivity index (χ0n) is 64.7. The van der Waals surface area contributed by atoms with E-state index in [0.29, 0.717) is 75.8 Å². The lowest BCUT2D eigenvalue weighted by Gasteiger charge is -2.27. The zero-order chi connectivity index (χ0) is 83.2. The van der Waals surface area contributed by atoms with Crippen LogP contribution in [-0.4, -0.2) is 172 Å². The molecule has 0 spiro atoms. The van der Waals surface area contributed by atoms with E-state index in [2.05, 4.69) is 52.5 Å². The minimum absolute atomic E-state index is 0.00128. The van der Waals surface area contributed by atoms with Crippen LogP contribution in [0.4, 0.5) is 22.7 Å². The molecule has 2 aromatic heterocycles. The molecule has 4 aliphatic rings. The summed E-state index contributed by atoms with van der Waals surface area (Å²) in [5.74, 6) is -7.39. The van der Waals surface area contributed by atoms with Gasteiger partial charge in [0.1, 0.15) is 35.8 Å². The number of amides is 12. The Morgan fingerprint density at radius 3 is 1.40 bits per heavy atom. The number of carboxylic acid groups (broad SMARTS) is 1. The number of nitrogens with one attached hydrogen (secondary N) is 8. The van der Waals surface area contributed by atoms with E-state index in [1.807, 2.05) is 81.4 Å². The Morgan fingerprint density at radius 2 is 0.931 bits per heavy atom. The molecule has 0 bridgehead atoms. The van der Waals surface area contributed by atoms with Crippen molar-refractivity contribution in [3.63, 3.8) is 0 Å². The first kappa shape index (κ1) is 84.8. The SMILES string of the molecule is CC(C)(C)OC(=O)CCCCCCCNC(=O)COc1cccc2c1C(=O)N(C1CCC(=O)NC1=O)C2=O.CNC(=O)c1cnc2ccc(C(=O)NCCCCCCCC(=O)COc3cccc4c3C(=O)N(C3CCC(=O)NC3=O)C4=O)cc2c1Nc1ccccc1.CNC(=O)c1cnc2ccc(C(=O)O)cc2c1Nc1ccccc1. The van der Waals surface area contributed by atoms with Crippen LogP contribution in [0.2, 0.25) is 0 Å². The largest absolute Gasteiger partial charge is 0.485 e. The van der Waals surface area contributed by atoms with Crippen molar-refractivity contribution in [2.75, 3.05) is 51.0 Å². The van der Waals surface area contributed by atoms with E-state index in [-0.39, 0.29) is 120 Å². The van der Waals surface area contributed by atoms with E-state index in [0.717, 1.165) is 79.0 Å². The number of carbonyl (C=O) groups excluding carboxylic acids is 14. The highest BCUT2D eigenvalue weighted by molar-refractivity contribution is 6.26. The molecule has 2 saturated heterocycles. The van der Waals surface area contributed by atoms with Gasteiger partial charge in [-0.05, 0) is 144 Å². The predicted molar refractivity (Wildman–Crippen MR) is 425 cm³/mol. The number of unbranched alkanes of at least 4 members (excludes halogenated alkanes) is 8. The van der Waals surface area contributed by atoms with Gasteiger partial charge in [0.05, 0.1) is 61.4 Å². The van der Waals surface area contributed by atoms with Crippen molar-refractivity contribution in [1.29, 1.82) is 0 Å². The van der Waals surface area contributed by atoms with Gasteiger partial charge in [-0.15, -0.1) is 0 Å². The van der Waals surface area contributed by atoms with Crippen LogP contribution < -0.4 is 52.0 Å². The highest BCUT2D eigenvalue weighted by atomic mass is 16.6. The van der Waals surface area contributed by atoms with Crippen molar-refractivity contribution < 1.29 is 91.2 Å². The molecule has 116 heavy (non-hydrogen) atoms. The molecule has 9 N–H and O–H groups in total. The number of piperidine rings is 2. The second-order valence-electron chi connectivity index (χ2n) is 28.6. The molecule has 4 aliphatic heterocycles. The fraction of sp³-hybridized carbons (Fsp3) is 0.329. The molecule has 2 fully saturated rings. The number of ketones is 1. The number of imide groups is 4. The van der Waals surface area contributed by atoms with Crippen LogP contribution in [0, 0.1) is 0 Å². The molecule has 12 rings (SSSR count). The average molecular weight is 1580 g/mol. The number of ether oxygens (including phenoxy) is 3. The molecule has 0 radical (unpaired) electrons. The Morgan fingerprint density at radius 1 is 0.491 bits per heavy atom. The van der Waals surface area contributed by atoms with E-state index in [9.17, 15) is 77.0 Å². The van der Waals surface area contributed by atoms with Gasteiger partial charge in [0.25, 0.3) is 47.3 Å². The molecule has 31 heteroatoms. The molecular formula is C85H90N12O19. The van der Waals surface area contributed by atoms with Crippen molar-refractivity contribution in [3.05, 3.63) is 190 Å². The topological polar surface area (TPSA) is 432 Å². The number of carbonyl (C=O) groups is 15. The Labute approximate surface area is 667 Å². The highest BCUT2D eigenvalue weighted by Crippen LogP contribution is 2.37. The molecule has 12 amide bonds. The number of carboxylic acids is 1. The molecule has 6 aromatic carbocycles. The molecule has 8 aromatic rings. The maximum atomic E-state index is 13.2. The second-order valence-corrected chi connectivity index (χ2v) is 28.6. The molecule has 2 unspecified atom stereocenters. The molecule has 604 valence electrons. The van der Waals surface area contributed by atoms with Crippen molar-refractivity contribution in [1.82, 2.24) is 51.7 Å². The number of fused-ring (bicyclic) bond motifs is 4. The molecular weight excluding hydrogens is 1490 g/mol. The molecule has 0 aliphatic carbocycles. The van der Waals surface area contributed by atoms with E-state index >= 15 is 0 Å².